The second-order valence-electron chi connectivity index (χ2n) is 6.76. The maximum absolute atomic E-state index is 12.8. The fourth-order valence-electron chi connectivity index (χ4n) is 3.14. The Balaban J connectivity index is 1.66. The van der Waals surface area contributed by atoms with Crippen molar-refractivity contribution in [2.75, 3.05) is 5.32 Å². The van der Waals surface area contributed by atoms with Crippen LogP contribution in [0.4, 0.5) is 5.82 Å². The van der Waals surface area contributed by atoms with Crippen molar-refractivity contribution in [1.82, 2.24) is 9.78 Å². The molecule has 0 aliphatic carbocycles. The Kier molecular flexibility index (Phi) is 5.06. The molecule has 2 heterocycles. The summed E-state index contributed by atoms with van der Waals surface area (Å²) >= 11 is 6.09. The molecule has 9 heteroatoms. The lowest BCUT2D eigenvalue weighted by Gasteiger charge is -2.16. The van der Waals surface area contributed by atoms with Crippen LogP contribution in [0.25, 0.3) is 5.69 Å². The predicted octanol–water partition coefficient (Wildman–Crippen LogP) is 3.36. The first kappa shape index (κ1) is 19.5. The van der Waals surface area contributed by atoms with E-state index >= 15 is 0 Å². The van der Waals surface area contributed by atoms with Gasteiger partial charge in [-0.25, -0.2) is 13.1 Å². The summed E-state index contributed by atoms with van der Waals surface area (Å²) in [6.45, 7) is 1.62. The summed E-state index contributed by atoms with van der Waals surface area (Å²) < 4.78 is 31.3. The molecule has 7 nitrogen and oxygen atoms in total. The van der Waals surface area contributed by atoms with Gasteiger partial charge in [0.1, 0.15) is 11.6 Å². The van der Waals surface area contributed by atoms with Crippen molar-refractivity contribution in [3.63, 3.8) is 0 Å². The highest BCUT2D eigenvalue weighted by atomic mass is 35.5. The number of nitrogens with one attached hydrogen (secondary N) is 1. The Bertz CT molecular complexity index is 1180. The van der Waals surface area contributed by atoms with Gasteiger partial charge in [0, 0.05) is 10.6 Å². The highest BCUT2D eigenvalue weighted by molar-refractivity contribution is 7.90. The molecule has 4 rings (SSSR count). The van der Waals surface area contributed by atoms with Gasteiger partial charge in [0.25, 0.3) is 5.91 Å². The zero-order chi connectivity index (χ0) is 20.6. The van der Waals surface area contributed by atoms with Crippen molar-refractivity contribution in [2.24, 2.45) is 0 Å². The first-order valence-corrected chi connectivity index (χ1v) is 11.1. The van der Waals surface area contributed by atoms with Crippen molar-refractivity contribution >= 4 is 33.2 Å². The Morgan fingerprint density at radius 1 is 1.17 bits per heavy atom. The number of hydrogen-bond acceptors (Lipinski definition) is 5. The normalized spacial score (nSPS) is 15.5. The number of hydrogen-bond donors (Lipinski definition) is 1. The van der Waals surface area contributed by atoms with E-state index in [1.54, 1.807) is 43.3 Å². The molecule has 0 fully saturated rings. The van der Waals surface area contributed by atoms with Crippen LogP contribution in [0.3, 0.4) is 0 Å². The first-order valence-electron chi connectivity index (χ1n) is 8.92. The van der Waals surface area contributed by atoms with Crippen LogP contribution in [0.2, 0.25) is 5.02 Å². The lowest BCUT2D eigenvalue weighted by Crippen LogP contribution is -2.31. The van der Waals surface area contributed by atoms with Gasteiger partial charge in [-0.05, 0) is 37.3 Å². The number of rotatable bonds is 5. The van der Waals surface area contributed by atoms with Crippen LogP contribution in [0, 0.1) is 0 Å². The molecule has 0 spiro atoms. The first-order chi connectivity index (χ1) is 13.8. The van der Waals surface area contributed by atoms with Crippen molar-refractivity contribution in [2.45, 2.75) is 24.5 Å². The van der Waals surface area contributed by atoms with Crippen molar-refractivity contribution in [1.29, 1.82) is 0 Å². The van der Waals surface area contributed by atoms with E-state index in [9.17, 15) is 13.2 Å². The van der Waals surface area contributed by atoms with Crippen LogP contribution in [-0.4, -0.2) is 30.2 Å². The van der Waals surface area contributed by atoms with E-state index in [0.717, 1.165) is 0 Å². The third kappa shape index (κ3) is 4.13. The fraction of sp³-hybridized carbons (Fsp3) is 0.200. The van der Waals surface area contributed by atoms with E-state index in [0.29, 0.717) is 33.5 Å². The SMILES string of the molecule is C[C@H](Oc1ccccc1)C(=O)Nc1c2c(nn1-c1cccc(Cl)c1)CS(=O)(=O)C2. The maximum Gasteiger partial charge on any atom is 0.266 e. The average molecular weight is 432 g/mol. The fourth-order valence-corrected chi connectivity index (χ4v) is 4.82. The number of carbonyl (C=O) groups excluding carboxylic acids is 1. The molecule has 150 valence electrons. The standard InChI is InChI=1S/C20H18ClN3O4S/c1-13(28-16-8-3-2-4-9-16)20(25)22-19-17-11-29(26,27)12-18(17)23-24(19)15-7-5-6-14(21)10-15/h2-10,13H,11-12H2,1H3,(H,22,25)/t13-/m0/s1. The number of carbonyl (C=O) groups is 1. The highest BCUT2D eigenvalue weighted by Gasteiger charge is 2.33. The number of fused-ring (bicyclic) bond motifs is 1. The number of amides is 1. The largest absolute Gasteiger partial charge is 0.481 e. The monoisotopic (exact) mass is 431 g/mol. The van der Waals surface area contributed by atoms with E-state index in [4.69, 9.17) is 16.3 Å². The number of halogens is 1. The van der Waals surface area contributed by atoms with Gasteiger partial charge in [0.05, 0.1) is 22.9 Å². The second kappa shape index (κ2) is 7.53. The van der Waals surface area contributed by atoms with Gasteiger partial charge in [-0.1, -0.05) is 35.9 Å². The lowest BCUT2D eigenvalue weighted by molar-refractivity contribution is -0.122. The molecular formula is C20H18ClN3O4S. The number of benzene rings is 2. The molecule has 0 saturated carbocycles. The Hall–Kier alpha value is -2.84. The Labute approximate surface area is 173 Å². The molecule has 1 amide bonds. The smallest absolute Gasteiger partial charge is 0.266 e. The van der Waals surface area contributed by atoms with Crippen molar-refractivity contribution in [3.05, 3.63) is 70.9 Å². The molecule has 2 aromatic carbocycles. The minimum absolute atomic E-state index is 0.158. The number of para-hydroxylation sites is 1. The molecule has 1 aliphatic heterocycles. The van der Waals surface area contributed by atoms with Crippen LogP contribution in [-0.2, 0) is 26.1 Å². The molecular weight excluding hydrogens is 414 g/mol. The van der Waals surface area contributed by atoms with Gasteiger partial charge < -0.3 is 10.1 Å². The van der Waals surface area contributed by atoms with E-state index in [1.807, 2.05) is 18.2 Å². The Morgan fingerprint density at radius 2 is 1.93 bits per heavy atom. The Morgan fingerprint density at radius 3 is 2.66 bits per heavy atom. The predicted molar refractivity (Wildman–Crippen MR) is 110 cm³/mol. The van der Waals surface area contributed by atoms with Gasteiger partial charge in [-0.15, -0.1) is 0 Å². The summed E-state index contributed by atoms with van der Waals surface area (Å²) in [6, 6.07) is 15.9. The van der Waals surface area contributed by atoms with E-state index in [2.05, 4.69) is 10.4 Å². The molecule has 0 bridgehead atoms. The molecule has 0 radical (unpaired) electrons. The molecule has 1 atom stereocenters. The quantitative estimate of drug-likeness (QED) is 0.669. The van der Waals surface area contributed by atoms with Crippen molar-refractivity contribution < 1.29 is 17.9 Å². The zero-order valence-electron chi connectivity index (χ0n) is 15.5. The van der Waals surface area contributed by atoms with E-state index < -0.39 is 21.8 Å². The number of sulfone groups is 1. The summed E-state index contributed by atoms with van der Waals surface area (Å²) in [6.07, 6.45) is -0.797. The van der Waals surface area contributed by atoms with Crippen LogP contribution >= 0.6 is 11.6 Å². The molecule has 3 aromatic rings. The second-order valence-corrected chi connectivity index (χ2v) is 9.26. The molecule has 1 N–H and O–H groups in total. The van der Waals surface area contributed by atoms with Gasteiger partial charge in [0.15, 0.2) is 15.9 Å². The van der Waals surface area contributed by atoms with Gasteiger partial charge in [0.2, 0.25) is 0 Å². The van der Waals surface area contributed by atoms with Crippen LogP contribution in [0.15, 0.2) is 54.6 Å². The summed E-state index contributed by atoms with van der Waals surface area (Å²) in [5.41, 5.74) is 1.54. The molecule has 1 aliphatic rings. The van der Waals surface area contributed by atoms with Crippen LogP contribution in [0.5, 0.6) is 5.75 Å². The number of anilines is 1. The minimum atomic E-state index is -3.28. The van der Waals surface area contributed by atoms with Crippen LogP contribution < -0.4 is 10.1 Å². The lowest BCUT2D eigenvalue weighted by atomic mass is 10.2. The number of nitrogens with zero attached hydrogens (tertiary/aromatic N) is 2. The summed E-state index contributed by atoms with van der Waals surface area (Å²) in [5, 5.41) is 7.72. The van der Waals surface area contributed by atoms with E-state index in [1.165, 1.54) is 4.68 Å². The van der Waals surface area contributed by atoms with Gasteiger partial charge in [-0.3, -0.25) is 4.79 Å². The molecule has 1 aromatic heterocycles. The van der Waals surface area contributed by atoms with E-state index in [-0.39, 0.29) is 11.5 Å². The minimum Gasteiger partial charge on any atom is -0.481 e. The van der Waals surface area contributed by atoms with Crippen molar-refractivity contribution in [3.8, 4) is 11.4 Å². The summed E-state index contributed by atoms with van der Waals surface area (Å²) in [4.78, 5) is 12.8. The maximum atomic E-state index is 12.8. The molecule has 29 heavy (non-hydrogen) atoms. The molecule has 0 saturated heterocycles. The third-order valence-electron chi connectivity index (χ3n) is 4.51. The topological polar surface area (TPSA) is 90.3 Å². The number of ether oxygens (including phenoxy) is 1. The highest BCUT2D eigenvalue weighted by Crippen LogP contribution is 2.33. The third-order valence-corrected chi connectivity index (χ3v) is 6.18. The van der Waals surface area contributed by atoms with Crippen LogP contribution in [0.1, 0.15) is 18.2 Å². The summed E-state index contributed by atoms with van der Waals surface area (Å²) in [7, 11) is -3.28. The number of aromatic nitrogens is 2. The van der Waals surface area contributed by atoms with Gasteiger partial charge >= 0.3 is 0 Å². The summed E-state index contributed by atoms with van der Waals surface area (Å²) in [5.74, 6) is 0.133. The molecule has 0 unspecified atom stereocenters. The average Bonchev–Trinajstić information content (AvgIpc) is 3.15. The zero-order valence-corrected chi connectivity index (χ0v) is 17.1. The van der Waals surface area contributed by atoms with Gasteiger partial charge in [-0.2, -0.15) is 5.10 Å².